The second kappa shape index (κ2) is 9.81. The molecule has 0 aliphatic heterocycles. The van der Waals surface area contributed by atoms with Crippen LogP contribution in [0.4, 0.5) is 0 Å². The van der Waals surface area contributed by atoms with Gasteiger partial charge in [0.05, 0.1) is 34.0 Å². The van der Waals surface area contributed by atoms with Crippen molar-refractivity contribution >= 4 is 18.1 Å². The first kappa shape index (κ1) is 20.6. The highest BCUT2D eigenvalue weighted by Gasteiger charge is 2.16. The number of para-hydroxylation sites is 1. The fraction of sp³-hybridized carbons (Fsp3) is 0.211. The van der Waals surface area contributed by atoms with Crippen LogP contribution in [0.2, 0.25) is 0 Å². The highest BCUT2D eigenvalue weighted by molar-refractivity contribution is 5.86. The molecule has 0 bridgehead atoms. The van der Waals surface area contributed by atoms with Crippen molar-refractivity contribution in [2.24, 2.45) is 21.7 Å². The van der Waals surface area contributed by atoms with Crippen molar-refractivity contribution < 1.29 is 23.7 Å². The van der Waals surface area contributed by atoms with Gasteiger partial charge in [-0.1, -0.05) is 12.1 Å². The van der Waals surface area contributed by atoms with Crippen LogP contribution in [0.25, 0.3) is 0 Å². The minimum Gasteiger partial charge on any atom is -0.493 e. The van der Waals surface area contributed by atoms with Crippen molar-refractivity contribution in [1.29, 1.82) is 0 Å². The second-order valence-electron chi connectivity index (χ2n) is 5.49. The summed E-state index contributed by atoms with van der Waals surface area (Å²) in [6, 6.07) is 10.2. The van der Waals surface area contributed by atoms with Crippen LogP contribution in [-0.2, 0) is 11.2 Å². The van der Waals surface area contributed by atoms with Crippen LogP contribution in [0, 0.1) is 0 Å². The lowest BCUT2D eigenvalue weighted by molar-refractivity contribution is -0.133. The number of hydrogen-bond acceptors (Lipinski definition) is 7. The van der Waals surface area contributed by atoms with E-state index in [9.17, 15) is 4.79 Å². The molecule has 0 amide bonds. The monoisotopic (exact) mass is 386 g/mol. The van der Waals surface area contributed by atoms with Crippen molar-refractivity contribution in [3.63, 3.8) is 0 Å². The summed E-state index contributed by atoms with van der Waals surface area (Å²) in [5.74, 6) is 1.03. The molecule has 2 rings (SSSR count). The Morgan fingerprint density at radius 3 is 2.21 bits per heavy atom. The van der Waals surface area contributed by atoms with Crippen LogP contribution in [0.3, 0.4) is 0 Å². The molecule has 0 aliphatic rings. The van der Waals surface area contributed by atoms with E-state index in [-0.39, 0.29) is 12.4 Å². The molecule has 0 aliphatic carbocycles. The van der Waals surface area contributed by atoms with Crippen LogP contribution < -0.4 is 30.4 Å². The van der Waals surface area contributed by atoms with Gasteiger partial charge in [-0.3, -0.25) is 4.79 Å². The highest BCUT2D eigenvalue weighted by atomic mass is 16.5. The Morgan fingerprint density at radius 1 is 1.00 bits per heavy atom. The van der Waals surface area contributed by atoms with Crippen molar-refractivity contribution in [2.45, 2.75) is 6.42 Å². The zero-order chi connectivity index (χ0) is 20.5. The highest BCUT2D eigenvalue weighted by Crippen LogP contribution is 2.38. The molecule has 0 atom stereocenters. The predicted molar refractivity (Wildman–Crippen MR) is 105 cm³/mol. The Morgan fingerprint density at radius 2 is 1.64 bits per heavy atom. The summed E-state index contributed by atoms with van der Waals surface area (Å²) in [6.07, 6.45) is 1.39. The number of carbonyl (C=O) groups excluding carboxylic acids is 1. The Bertz CT molecular complexity index is 867. The average Bonchev–Trinajstić information content (AvgIpc) is 2.68. The van der Waals surface area contributed by atoms with Gasteiger partial charge in [-0.25, -0.2) is 0 Å². The van der Waals surface area contributed by atoms with Crippen LogP contribution in [0.15, 0.2) is 46.6 Å². The minimum atomic E-state index is -0.475. The maximum Gasteiger partial charge on any atom is 0.315 e. The fourth-order valence-corrected chi connectivity index (χ4v) is 2.40. The average molecular weight is 386 g/mol. The molecular formula is C19H22N4O5. The number of carbonyl (C=O) groups is 1. The molecule has 0 fully saturated rings. The maximum absolute atomic E-state index is 12.4. The first-order valence-corrected chi connectivity index (χ1v) is 8.19. The van der Waals surface area contributed by atoms with E-state index in [2.05, 4.69) is 10.2 Å². The third kappa shape index (κ3) is 5.37. The Kier molecular flexibility index (Phi) is 7.21. The number of benzene rings is 2. The summed E-state index contributed by atoms with van der Waals surface area (Å²) in [5.41, 5.74) is 11.6. The number of nitrogens with zero attached hydrogens (tertiary/aromatic N) is 2. The van der Waals surface area contributed by atoms with Crippen LogP contribution in [0.5, 0.6) is 23.0 Å². The Labute approximate surface area is 162 Å². The third-order valence-corrected chi connectivity index (χ3v) is 3.59. The molecule has 0 heterocycles. The van der Waals surface area contributed by atoms with E-state index in [0.717, 1.165) is 0 Å². The molecule has 0 radical (unpaired) electrons. The summed E-state index contributed by atoms with van der Waals surface area (Å²) >= 11 is 0. The van der Waals surface area contributed by atoms with Gasteiger partial charge < -0.3 is 30.4 Å². The number of rotatable bonds is 8. The lowest BCUT2D eigenvalue weighted by Gasteiger charge is -2.14. The van der Waals surface area contributed by atoms with E-state index in [0.29, 0.717) is 34.1 Å². The summed E-state index contributed by atoms with van der Waals surface area (Å²) in [5, 5.41) is 7.26. The van der Waals surface area contributed by atoms with Gasteiger partial charge >= 0.3 is 5.97 Å². The molecule has 2 aromatic rings. The molecule has 0 saturated heterocycles. The zero-order valence-corrected chi connectivity index (χ0v) is 15.8. The molecule has 0 spiro atoms. The summed E-state index contributed by atoms with van der Waals surface area (Å²) < 4.78 is 21.3. The number of ether oxygens (including phenoxy) is 4. The first-order valence-electron chi connectivity index (χ1n) is 8.19. The summed E-state index contributed by atoms with van der Waals surface area (Å²) in [7, 11) is 4.52. The SMILES string of the molecule is COc1cc(CC(=O)Oc2ccccc2C=NN=C(N)N)cc(OC)c1OC. The molecule has 0 aromatic heterocycles. The van der Waals surface area contributed by atoms with Gasteiger partial charge in [0.15, 0.2) is 11.5 Å². The van der Waals surface area contributed by atoms with E-state index in [1.54, 1.807) is 36.4 Å². The Hall–Kier alpha value is -3.75. The Balaban J connectivity index is 2.19. The molecule has 2 aromatic carbocycles. The van der Waals surface area contributed by atoms with Crippen molar-refractivity contribution in [1.82, 2.24) is 0 Å². The van der Waals surface area contributed by atoms with E-state index >= 15 is 0 Å². The van der Waals surface area contributed by atoms with Gasteiger partial charge in [0.1, 0.15) is 5.75 Å². The molecule has 148 valence electrons. The van der Waals surface area contributed by atoms with Gasteiger partial charge in [-0.15, -0.1) is 5.10 Å². The largest absolute Gasteiger partial charge is 0.493 e. The van der Waals surface area contributed by atoms with Crippen molar-refractivity contribution in [2.75, 3.05) is 21.3 Å². The molecular weight excluding hydrogens is 364 g/mol. The van der Waals surface area contributed by atoms with Crippen molar-refractivity contribution in [3.05, 3.63) is 47.5 Å². The smallest absolute Gasteiger partial charge is 0.315 e. The van der Waals surface area contributed by atoms with Gasteiger partial charge in [0.25, 0.3) is 0 Å². The normalized spacial score (nSPS) is 10.4. The first-order chi connectivity index (χ1) is 13.5. The molecule has 0 unspecified atom stereocenters. The fourth-order valence-electron chi connectivity index (χ4n) is 2.40. The van der Waals surface area contributed by atoms with Crippen molar-refractivity contribution in [3.8, 4) is 23.0 Å². The predicted octanol–water partition coefficient (Wildman–Crippen LogP) is 1.47. The van der Waals surface area contributed by atoms with E-state index < -0.39 is 5.97 Å². The zero-order valence-electron chi connectivity index (χ0n) is 15.8. The van der Waals surface area contributed by atoms with Crippen LogP contribution in [0.1, 0.15) is 11.1 Å². The number of methoxy groups -OCH3 is 3. The van der Waals surface area contributed by atoms with Gasteiger partial charge in [-0.2, -0.15) is 5.10 Å². The van der Waals surface area contributed by atoms with E-state index in [1.165, 1.54) is 27.5 Å². The lowest BCUT2D eigenvalue weighted by Crippen LogP contribution is -2.21. The second-order valence-corrected chi connectivity index (χ2v) is 5.49. The lowest BCUT2D eigenvalue weighted by atomic mass is 10.1. The van der Waals surface area contributed by atoms with Gasteiger partial charge in [-0.05, 0) is 29.8 Å². The number of hydrogen-bond donors (Lipinski definition) is 2. The molecule has 9 heteroatoms. The standard InChI is InChI=1S/C19H22N4O5/c1-25-15-8-12(9-16(26-2)18(15)27-3)10-17(24)28-14-7-5-4-6-13(14)11-22-23-19(20)21/h4-9,11H,10H2,1-3H3,(H4,20,21,23). The molecule has 28 heavy (non-hydrogen) atoms. The number of nitrogens with two attached hydrogens (primary N) is 2. The minimum absolute atomic E-state index is 0.00388. The number of guanidine groups is 1. The van der Waals surface area contributed by atoms with Gasteiger partial charge in [0, 0.05) is 5.56 Å². The number of esters is 1. The van der Waals surface area contributed by atoms with E-state index in [1.807, 2.05) is 0 Å². The molecule has 9 nitrogen and oxygen atoms in total. The maximum atomic E-state index is 12.4. The molecule has 0 saturated carbocycles. The van der Waals surface area contributed by atoms with Crippen LogP contribution >= 0.6 is 0 Å². The van der Waals surface area contributed by atoms with Crippen LogP contribution in [-0.4, -0.2) is 39.5 Å². The third-order valence-electron chi connectivity index (χ3n) is 3.59. The van der Waals surface area contributed by atoms with Gasteiger partial charge in [0.2, 0.25) is 11.7 Å². The quantitative estimate of drug-likeness (QED) is 0.231. The molecule has 4 N–H and O–H groups in total. The summed E-state index contributed by atoms with van der Waals surface area (Å²) in [6.45, 7) is 0. The topological polar surface area (TPSA) is 131 Å². The van der Waals surface area contributed by atoms with E-state index in [4.69, 9.17) is 30.4 Å². The summed E-state index contributed by atoms with van der Waals surface area (Å²) in [4.78, 5) is 12.4.